The first kappa shape index (κ1) is 12.4. The lowest BCUT2D eigenvalue weighted by Crippen LogP contribution is -2.26. The average molecular weight is 281 g/mol. The first-order chi connectivity index (χ1) is 9.03. The van der Waals surface area contributed by atoms with Crippen molar-refractivity contribution in [2.45, 2.75) is 19.3 Å². The molecule has 102 valence electrons. The first-order valence-corrected chi connectivity index (χ1v) is 8.09. The molecule has 1 aliphatic rings. The molecule has 1 N–H and O–H groups in total. The minimum Gasteiger partial charge on any atom is -0.504 e. The predicted molar refractivity (Wildman–Crippen MR) is 69.7 cm³/mol. The summed E-state index contributed by atoms with van der Waals surface area (Å²) < 4.78 is 24.7. The van der Waals surface area contributed by atoms with Gasteiger partial charge in [0.05, 0.1) is 11.5 Å². The van der Waals surface area contributed by atoms with Gasteiger partial charge < -0.3 is 5.11 Å². The van der Waals surface area contributed by atoms with Crippen LogP contribution in [0.4, 0.5) is 0 Å². The number of pyridine rings is 1. The van der Waals surface area contributed by atoms with Crippen molar-refractivity contribution in [3.8, 4) is 5.75 Å². The fraction of sp³-hybridized carbons (Fsp3) is 0.500. The zero-order chi connectivity index (χ0) is 13.5. The molecule has 0 saturated carbocycles. The van der Waals surface area contributed by atoms with E-state index in [0.717, 1.165) is 6.42 Å². The van der Waals surface area contributed by atoms with Crippen LogP contribution in [0.1, 0.15) is 18.7 Å². The van der Waals surface area contributed by atoms with Crippen LogP contribution >= 0.6 is 0 Å². The second-order valence-electron chi connectivity index (χ2n) is 5.02. The Kier molecular flexibility index (Phi) is 2.93. The highest BCUT2D eigenvalue weighted by atomic mass is 32.2. The maximum absolute atomic E-state index is 11.6. The molecule has 1 unspecified atom stereocenters. The van der Waals surface area contributed by atoms with E-state index >= 15 is 0 Å². The summed E-state index contributed by atoms with van der Waals surface area (Å²) in [5.74, 6) is 1.26. The lowest BCUT2D eigenvalue weighted by Gasteiger charge is -2.20. The van der Waals surface area contributed by atoms with E-state index in [0.29, 0.717) is 30.1 Å². The zero-order valence-electron chi connectivity index (χ0n) is 10.4. The smallest absolute Gasteiger partial charge is 0.197 e. The highest BCUT2D eigenvalue weighted by Crippen LogP contribution is 2.22. The first-order valence-electron chi connectivity index (χ1n) is 6.27. The molecule has 1 atom stereocenters. The van der Waals surface area contributed by atoms with Gasteiger partial charge in [-0.05, 0) is 30.9 Å². The van der Waals surface area contributed by atoms with Gasteiger partial charge in [-0.1, -0.05) is 0 Å². The van der Waals surface area contributed by atoms with Crippen molar-refractivity contribution in [2.24, 2.45) is 5.92 Å². The molecule has 19 heavy (non-hydrogen) atoms. The van der Waals surface area contributed by atoms with Gasteiger partial charge in [-0.2, -0.15) is 5.10 Å². The van der Waals surface area contributed by atoms with Gasteiger partial charge >= 0.3 is 0 Å². The standard InChI is InChI=1S/C12H15N3O3S/c16-10-4-1-5-15-12(10)13-11(14-15)7-9-3-2-6-19(17,18)8-9/h1,4-5,9,16H,2-3,6-8H2. The topological polar surface area (TPSA) is 84.6 Å². The Bertz CT molecular complexity index is 708. The molecule has 0 radical (unpaired) electrons. The summed E-state index contributed by atoms with van der Waals surface area (Å²) in [4.78, 5) is 4.26. The molecule has 1 fully saturated rings. The van der Waals surface area contributed by atoms with E-state index in [-0.39, 0.29) is 17.4 Å². The summed E-state index contributed by atoms with van der Waals surface area (Å²) in [5.41, 5.74) is 0.413. The van der Waals surface area contributed by atoms with E-state index < -0.39 is 9.84 Å². The molecule has 1 saturated heterocycles. The number of rotatable bonds is 2. The molecule has 3 heterocycles. The molecule has 7 heteroatoms. The van der Waals surface area contributed by atoms with Crippen LogP contribution in [0.3, 0.4) is 0 Å². The molecule has 0 aliphatic carbocycles. The van der Waals surface area contributed by atoms with Crippen molar-refractivity contribution >= 4 is 15.5 Å². The van der Waals surface area contributed by atoms with Crippen LogP contribution < -0.4 is 0 Å². The molecular weight excluding hydrogens is 266 g/mol. The van der Waals surface area contributed by atoms with Gasteiger partial charge in [-0.25, -0.2) is 17.9 Å². The molecule has 6 nitrogen and oxygen atoms in total. The second kappa shape index (κ2) is 4.48. The van der Waals surface area contributed by atoms with Gasteiger partial charge in [0.2, 0.25) is 0 Å². The summed E-state index contributed by atoms with van der Waals surface area (Å²) in [6.07, 6.45) is 3.86. The van der Waals surface area contributed by atoms with Crippen molar-refractivity contribution in [1.29, 1.82) is 0 Å². The Morgan fingerprint density at radius 1 is 1.47 bits per heavy atom. The zero-order valence-corrected chi connectivity index (χ0v) is 11.2. The van der Waals surface area contributed by atoms with Crippen molar-refractivity contribution in [1.82, 2.24) is 14.6 Å². The molecule has 3 rings (SSSR count). The molecule has 0 bridgehead atoms. The van der Waals surface area contributed by atoms with Crippen LogP contribution in [0.25, 0.3) is 5.65 Å². The largest absolute Gasteiger partial charge is 0.504 e. The maximum atomic E-state index is 11.6. The Balaban J connectivity index is 1.84. The number of sulfone groups is 1. The SMILES string of the molecule is O=S1(=O)CCCC(Cc2nc3c(O)cccn3n2)C1. The molecular formula is C12H15N3O3S. The second-order valence-corrected chi connectivity index (χ2v) is 7.25. The molecule has 1 aliphatic heterocycles. The van der Waals surface area contributed by atoms with Crippen LogP contribution in [0, 0.1) is 5.92 Å². The number of aromatic hydroxyl groups is 1. The Hall–Kier alpha value is -1.63. The Labute approximate surface area is 111 Å². The van der Waals surface area contributed by atoms with Gasteiger partial charge in [0.25, 0.3) is 0 Å². The van der Waals surface area contributed by atoms with E-state index in [1.54, 1.807) is 18.3 Å². The number of hydrogen-bond acceptors (Lipinski definition) is 5. The van der Waals surface area contributed by atoms with Gasteiger partial charge in [0, 0.05) is 12.6 Å². The Morgan fingerprint density at radius 3 is 3.05 bits per heavy atom. The minimum atomic E-state index is -2.90. The number of aromatic nitrogens is 3. The average Bonchev–Trinajstić information content (AvgIpc) is 2.71. The number of hydrogen-bond donors (Lipinski definition) is 1. The van der Waals surface area contributed by atoms with Crippen LogP contribution in [-0.2, 0) is 16.3 Å². The van der Waals surface area contributed by atoms with Crippen LogP contribution in [0.15, 0.2) is 18.3 Å². The van der Waals surface area contributed by atoms with Crippen molar-refractivity contribution in [2.75, 3.05) is 11.5 Å². The molecule has 0 spiro atoms. The van der Waals surface area contributed by atoms with E-state index in [1.165, 1.54) is 4.52 Å². The van der Waals surface area contributed by atoms with Gasteiger partial charge in [-0.15, -0.1) is 0 Å². The number of fused-ring (bicyclic) bond motifs is 1. The maximum Gasteiger partial charge on any atom is 0.197 e. The highest BCUT2D eigenvalue weighted by molar-refractivity contribution is 7.91. The molecule has 2 aromatic rings. The van der Waals surface area contributed by atoms with Crippen molar-refractivity contribution < 1.29 is 13.5 Å². The van der Waals surface area contributed by atoms with Gasteiger partial charge in [-0.3, -0.25) is 0 Å². The summed E-state index contributed by atoms with van der Waals surface area (Å²) >= 11 is 0. The van der Waals surface area contributed by atoms with E-state index in [2.05, 4.69) is 10.1 Å². The molecule has 2 aromatic heterocycles. The van der Waals surface area contributed by atoms with Crippen LogP contribution in [0.2, 0.25) is 0 Å². The van der Waals surface area contributed by atoms with Crippen LogP contribution in [0.5, 0.6) is 5.75 Å². The van der Waals surface area contributed by atoms with E-state index in [9.17, 15) is 13.5 Å². The van der Waals surface area contributed by atoms with Crippen molar-refractivity contribution in [3.05, 3.63) is 24.2 Å². The third kappa shape index (κ3) is 2.56. The molecule has 0 amide bonds. The summed E-state index contributed by atoms with van der Waals surface area (Å²) in [5, 5.41) is 13.9. The summed E-state index contributed by atoms with van der Waals surface area (Å²) in [6.45, 7) is 0. The summed E-state index contributed by atoms with van der Waals surface area (Å²) in [6, 6.07) is 3.24. The quantitative estimate of drug-likeness (QED) is 0.880. The molecule has 0 aromatic carbocycles. The van der Waals surface area contributed by atoms with Crippen molar-refractivity contribution in [3.63, 3.8) is 0 Å². The third-order valence-electron chi connectivity index (χ3n) is 3.41. The minimum absolute atomic E-state index is 0.0810. The van der Waals surface area contributed by atoms with E-state index in [4.69, 9.17) is 0 Å². The lowest BCUT2D eigenvalue weighted by atomic mass is 10.0. The van der Waals surface area contributed by atoms with Gasteiger partial charge in [0.1, 0.15) is 0 Å². The van der Waals surface area contributed by atoms with E-state index in [1.807, 2.05) is 0 Å². The normalized spacial score (nSPS) is 22.6. The predicted octanol–water partition coefficient (Wildman–Crippen LogP) is 0.802. The fourth-order valence-electron chi connectivity index (χ4n) is 2.56. The van der Waals surface area contributed by atoms with Crippen LogP contribution in [-0.4, -0.2) is 39.6 Å². The Morgan fingerprint density at radius 2 is 2.32 bits per heavy atom. The third-order valence-corrected chi connectivity index (χ3v) is 5.30. The fourth-order valence-corrected chi connectivity index (χ4v) is 4.34. The highest BCUT2D eigenvalue weighted by Gasteiger charge is 2.26. The summed E-state index contributed by atoms with van der Waals surface area (Å²) in [7, 11) is -2.90. The van der Waals surface area contributed by atoms with Gasteiger partial charge in [0.15, 0.2) is 27.1 Å². The monoisotopic (exact) mass is 281 g/mol. The number of nitrogens with zero attached hydrogens (tertiary/aromatic N) is 3. The lowest BCUT2D eigenvalue weighted by molar-refractivity contribution is 0.474.